The van der Waals surface area contributed by atoms with Crippen molar-refractivity contribution in [1.29, 1.82) is 0 Å². The van der Waals surface area contributed by atoms with Crippen LogP contribution in [0.25, 0.3) is 11.0 Å². The molecule has 8 nitrogen and oxygen atoms in total. The molecule has 3 N–H and O–H groups in total. The van der Waals surface area contributed by atoms with E-state index in [1.54, 1.807) is 18.2 Å². The van der Waals surface area contributed by atoms with Gasteiger partial charge in [-0.05, 0) is 94.2 Å². The predicted octanol–water partition coefficient (Wildman–Crippen LogP) is 4.96. The highest BCUT2D eigenvalue weighted by Crippen LogP contribution is 2.31. The number of anilines is 2. The number of aromatic nitrogens is 4. The number of rotatable bonds is 3. The molecule has 0 unspecified atom stereocenters. The number of carbonyl (C=O) groups is 1. The minimum atomic E-state index is -4.55. The number of benzene rings is 2. The number of fused-ring (bicyclic) bond motifs is 1. The fraction of sp³-hybridized carbons (Fsp3) is 0.310. The van der Waals surface area contributed by atoms with Crippen molar-refractivity contribution >= 4 is 28.4 Å². The van der Waals surface area contributed by atoms with E-state index in [2.05, 4.69) is 39.1 Å². The Morgan fingerprint density at radius 2 is 1.82 bits per heavy atom. The van der Waals surface area contributed by atoms with Crippen LogP contribution in [0, 0.1) is 25.7 Å². The third kappa shape index (κ3) is 5.62. The minimum absolute atomic E-state index is 0.0816. The Morgan fingerprint density at radius 3 is 2.55 bits per heavy atom. The molecular formula is C29H28F3N7O. The van der Waals surface area contributed by atoms with Gasteiger partial charge in [0.1, 0.15) is 17.8 Å². The number of carbonyl (C=O) groups excluding carboxylic acids is 1. The third-order valence-corrected chi connectivity index (χ3v) is 7.03. The van der Waals surface area contributed by atoms with E-state index in [1.165, 1.54) is 19.3 Å². The van der Waals surface area contributed by atoms with Crippen LogP contribution in [0.3, 0.4) is 0 Å². The zero-order valence-electron chi connectivity index (χ0n) is 22.3. The average molecular weight is 548 g/mol. The lowest BCUT2D eigenvalue weighted by molar-refractivity contribution is -0.137. The van der Waals surface area contributed by atoms with Crippen molar-refractivity contribution in [3.05, 3.63) is 76.2 Å². The van der Waals surface area contributed by atoms with E-state index >= 15 is 0 Å². The maximum Gasteiger partial charge on any atom is 0.416 e. The van der Waals surface area contributed by atoms with E-state index in [-0.39, 0.29) is 11.6 Å². The molecule has 1 aliphatic rings. The first-order valence-electron chi connectivity index (χ1n) is 12.8. The van der Waals surface area contributed by atoms with Crippen molar-refractivity contribution in [1.82, 2.24) is 24.6 Å². The van der Waals surface area contributed by atoms with Gasteiger partial charge in [0.25, 0.3) is 5.91 Å². The van der Waals surface area contributed by atoms with E-state index in [0.717, 1.165) is 43.6 Å². The molecule has 0 radical (unpaired) electrons. The van der Waals surface area contributed by atoms with Crippen molar-refractivity contribution < 1.29 is 18.0 Å². The Labute approximate surface area is 229 Å². The molecule has 0 bridgehead atoms. The summed E-state index contributed by atoms with van der Waals surface area (Å²) in [7, 11) is 2.09. The molecular weight excluding hydrogens is 519 g/mol. The van der Waals surface area contributed by atoms with E-state index in [0.29, 0.717) is 39.4 Å². The van der Waals surface area contributed by atoms with Crippen LogP contribution in [-0.2, 0) is 6.18 Å². The Bertz CT molecular complexity index is 1660. The van der Waals surface area contributed by atoms with Gasteiger partial charge in [-0.3, -0.25) is 4.79 Å². The second kappa shape index (κ2) is 10.6. The SMILES string of the molecule is Cc1cc(C(=O)Nc2ccc(C)c(C#Cc3nn(C4CCN(C)CC4)c4ncnc(N)c34)c2)cc(C(F)(F)F)c1. The van der Waals surface area contributed by atoms with Crippen molar-refractivity contribution in [2.24, 2.45) is 0 Å². The van der Waals surface area contributed by atoms with Gasteiger partial charge in [0.05, 0.1) is 17.0 Å². The Morgan fingerprint density at radius 1 is 1.07 bits per heavy atom. The van der Waals surface area contributed by atoms with E-state index in [4.69, 9.17) is 10.8 Å². The monoisotopic (exact) mass is 547 g/mol. The topological polar surface area (TPSA) is 102 Å². The largest absolute Gasteiger partial charge is 0.416 e. The molecule has 0 aliphatic carbocycles. The standard InChI is InChI=1S/C29H28F3N7O/c1-17-12-20(14-21(13-17)29(30,31)32)28(40)36-22-6-4-18(2)19(15-22)5-7-24-25-26(33)34-16-35-27(25)39(37-24)23-8-10-38(3)11-9-23/h4,6,12-16,23H,8-11H2,1-3H3,(H,36,40)(H2,33,34,35). The molecule has 1 amide bonds. The van der Waals surface area contributed by atoms with Crippen LogP contribution in [0.15, 0.2) is 42.7 Å². The number of hydrogen-bond donors (Lipinski definition) is 2. The van der Waals surface area contributed by atoms with Crippen LogP contribution in [0.4, 0.5) is 24.7 Å². The fourth-order valence-electron chi connectivity index (χ4n) is 4.82. The minimum Gasteiger partial charge on any atom is -0.383 e. The van der Waals surface area contributed by atoms with Gasteiger partial charge < -0.3 is 16.0 Å². The van der Waals surface area contributed by atoms with Gasteiger partial charge in [0, 0.05) is 16.8 Å². The lowest BCUT2D eigenvalue weighted by Gasteiger charge is -2.29. The van der Waals surface area contributed by atoms with Gasteiger partial charge >= 0.3 is 6.18 Å². The van der Waals surface area contributed by atoms with Crippen molar-refractivity contribution in [2.75, 3.05) is 31.2 Å². The highest BCUT2D eigenvalue weighted by atomic mass is 19.4. The number of nitrogens with two attached hydrogens (primary N) is 1. The van der Waals surface area contributed by atoms with Gasteiger partial charge in [0.2, 0.25) is 0 Å². The van der Waals surface area contributed by atoms with E-state index < -0.39 is 17.6 Å². The zero-order valence-corrected chi connectivity index (χ0v) is 22.3. The van der Waals surface area contributed by atoms with Crippen LogP contribution in [-0.4, -0.2) is 50.7 Å². The second-order valence-corrected chi connectivity index (χ2v) is 10.1. The summed E-state index contributed by atoms with van der Waals surface area (Å²) in [5.41, 5.74) is 8.56. The molecule has 0 atom stereocenters. The maximum absolute atomic E-state index is 13.2. The third-order valence-electron chi connectivity index (χ3n) is 7.03. The number of nitrogens with one attached hydrogen (secondary N) is 1. The molecule has 5 rings (SSSR count). The Kier molecular flexibility index (Phi) is 7.21. The predicted molar refractivity (Wildman–Crippen MR) is 147 cm³/mol. The quantitative estimate of drug-likeness (QED) is 0.352. The number of likely N-dealkylation sites (tertiary alicyclic amines) is 1. The molecule has 2 aromatic carbocycles. The van der Waals surface area contributed by atoms with Gasteiger partial charge in [-0.2, -0.15) is 18.3 Å². The molecule has 1 fully saturated rings. The fourth-order valence-corrected chi connectivity index (χ4v) is 4.82. The molecule has 4 aromatic rings. The van der Waals surface area contributed by atoms with E-state index in [9.17, 15) is 18.0 Å². The lowest BCUT2D eigenvalue weighted by Crippen LogP contribution is -2.32. The van der Waals surface area contributed by atoms with Crippen LogP contribution in [0.1, 0.15) is 57.2 Å². The summed E-state index contributed by atoms with van der Waals surface area (Å²) in [6, 6.07) is 8.57. The molecule has 1 saturated heterocycles. The second-order valence-electron chi connectivity index (χ2n) is 10.1. The van der Waals surface area contributed by atoms with E-state index in [1.807, 2.05) is 11.6 Å². The number of halogens is 3. The van der Waals surface area contributed by atoms with Gasteiger partial charge in [-0.1, -0.05) is 12.0 Å². The molecule has 2 aromatic heterocycles. The number of piperidine rings is 1. The Hall–Kier alpha value is -4.43. The smallest absolute Gasteiger partial charge is 0.383 e. The van der Waals surface area contributed by atoms with Gasteiger partial charge in [-0.15, -0.1) is 0 Å². The maximum atomic E-state index is 13.2. The summed E-state index contributed by atoms with van der Waals surface area (Å²) in [6.45, 7) is 5.29. The number of nitrogen functional groups attached to an aromatic ring is 1. The van der Waals surface area contributed by atoms with Crippen molar-refractivity contribution in [3.63, 3.8) is 0 Å². The zero-order chi connectivity index (χ0) is 28.6. The highest BCUT2D eigenvalue weighted by molar-refractivity contribution is 6.04. The summed E-state index contributed by atoms with van der Waals surface area (Å²) in [5.74, 6) is 5.87. The number of amides is 1. The number of nitrogens with zero attached hydrogens (tertiary/aromatic N) is 5. The van der Waals surface area contributed by atoms with Crippen LogP contribution < -0.4 is 11.1 Å². The number of aryl methyl sites for hydroxylation is 2. The van der Waals surface area contributed by atoms with Gasteiger partial charge in [0.15, 0.2) is 5.65 Å². The molecule has 0 spiro atoms. The first kappa shape index (κ1) is 27.1. The van der Waals surface area contributed by atoms with Crippen molar-refractivity contribution in [2.45, 2.75) is 38.9 Å². The first-order valence-corrected chi connectivity index (χ1v) is 12.8. The summed E-state index contributed by atoms with van der Waals surface area (Å²) in [5, 5.41) is 8.05. The number of hydrogen-bond acceptors (Lipinski definition) is 6. The summed E-state index contributed by atoms with van der Waals surface area (Å²) >= 11 is 0. The Balaban J connectivity index is 1.45. The molecule has 11 heteroatoms. The molecule has 40 heavy (non-hydrogen) atoms. The summed E-state index contributed by atoms with van der Waals surface area (Å²) in [6.07, 6.45) is -1.27. The molecule has 1 aliphatic heterocycles. The molecule has 3 heterocycles. The van der Waals surface area contributed by atoms with Crippen LogP contribution in [0.2, 0.25) is 0 Å². The number of alkyl halides is 3. The molecule has 0 saturated carbocycles. The lowest BCUT2D eigenvalue weighted by atomic mass is 10.0. The summed E-state index contributed by atoms with van der Waals surface area (Å²) < 4.78 is 41.6. The van der Waals surface area contributed by atoms with Crippen LogP contribution >= 0.6 is 0 Å². The first-order chi connectivity index (χ1) is 19.0. The van der Waals surface area contributed by atoms with Crippen molar-refractivity contribution in [3.8, 4) is 11.8 Å². The van der Waals surface area contributed by atoms with Gasteiger partial charge in [-0.25, -0.2) is 14.6 Å². The molecule has 206 valence electrons. The normalized spacial score (nSPS) is 14.7. The van der Waals surface area contributed by atoms with Crippen LogP contribution in [0.5, 0.6) is 0 Å². The average Bonchev–Trinajstić information content (AvgIpc) is 3.28. The summed E-state index contributed by atoms with van der Waals surface area (Å²) in [4.78, 5) is 23.7. The highest BCUT2D eigenvalue weighted by Gasteiger charge is 2.31.